The fraction of sp³-hybridized carbons (Fsp3) is 0. The lowest BCUT2D eigenvalue weighted by Gasteiger charge is -2.09. The molecule has 2 aromatic carbocycles. The summed E-state index contributed by atoms with van der Waals surface area (Å²) in [6, 6.07) is 22.7. The Bertz CT molecular complexity index is 1120. The smallest absolute Gasteiger partial charge is 0.138 e. The molecule has 128 valence electrons. The van der Waals surface area contributed by atoms with Gasteiger partial charge in [0.15, 0.2) is 0 Å². The van der Waals surface area contributed by atoms with Gasteiger partial charge in [-0.25, -0.2) is 4.98 Å². The zero-order chi connectivity index (χ0) is 18.1. The highest BCUT2D eigenvalue weighted by Gasteiger charge is 2.10. The summed E-state index contributed by atoms with van der Waals surface area (Å²) in [6.07, 6.45) is 7.26. The highest BCUT2D eigenvalue weighted by Crippen LogP contribution is 2.32. The Labute approximate surface area is 156 Å². The summed E-state index contributed by atoms with van der Waals surface area (Å²) in [7, 11) is 0. The maximum atomic E-state index is 4.77. The van der Waals surface area contributed by atoms with Crippen molar-refractivity contribution in [3.63, 3.8) is 0 Å². The van der Waals surface area contributed by atoms with Crippen LogP contribution in [0.15, 0.2) is 91.5 Å². The van der Waals surface area contributed by atoms with Crippen LogP contribution in [0.3, 0.4) is 0 Å². The van der Waals surface area contributed by atoms with Crippen LogP contribution < -0.4 is 0 Å². The van der Waals surface area contributed by atoms with Crippen molar-refractivity contribution in [1.82, 2.24) is 19.9 Å². The van der Waals surface area contributed by atoms with E-state index in [9.17, 15) is 0 Å². The van der Waals surface area contributed by atoms with E-state index in [2.05, 4.69) is 33.2 Å². The quantitative estimate of drug-likeness (QED) is 0.478. The molecular formula is C23H16N4. The van der Waals surface area contributed by atoms with Crippen LogP contribution in [0.25, 0.3) is 44.7 Å². The Hall–Kier alpha value is -3.79. The molecule has 0 radical (unpaired) electrons. The average Bonchev–Trinajstić information content (AvgIpc) is 3.19. The molecule has 0 atom stereocenters. The van der Waals surface area contributed by atoms with Crippen LogP contribution in [0.2, 0.25) is 0 Å². The van der Waals surface area contributed by atoms with Gasteiger partial charge in [-0.1, -0.05) is 12.1 Å². The number of H-pyrrole nitrogens is 1. The molecule has 0 amide bonds. The molecule has 0 spiro atoms. The first-order valence-corrected chi connectivity index (χ1v) is 8.78. The van der Waals surface area contributed by atoms with E-state index in [0.717, 1.165) is 44.7 Å². The first kappa shape index (κ1) is 15.5. The highest BCUT2D eigenvalue weighted by molar-refractivity contribution is 5.83. The molecule has 27 heavy (non-hydrogen) atoms. The van der Waals surface area contributed by atoms with Crippen LogP contribution in [0.1, 0.15) is 0 Å². The van der Waals surface area contributed by atoms with E-state index in [4.69, 9.17) is 4.98 Å². The van der Waals surface area contributed by atoms with Gasteiger partial charge in [-0.2, -0.15) is 0 Å². The summed E-state index contributed by atoms with van der Waals surface area (Å²) in [6.45, 7) is 0. The Morgan fingerprint density at radius 2 is 1.11 bits per heavy atom. The molecule has 3 heterocycles. The van der Waals surface area contributed by atoms with Crippen molar-refractivity contribution in [2.45, 2.75) is 0 Å². The predicted molar refractivity (Wildman–Crippen MR) is 108 cm³/mol. The van der Waals surface area contributed by atoms with Gasteiger partial charge in [0.25, 0.3) is 0 Å². The summed E-state index contributed by atoms with van der Waals surface area (Å²) >= 11 is 0. The lowest BCUT2D eigenvalue weighted by molar-refractivity contribution is 1.32. The molecule has 0 aliphatic rings. The average molecular weight is 348 g/mol. The largest absolute Gasteiger partial charge is 0.338 e. The van der Waals surface area contributed by atoms with Gasteiger partial charge in [0.1, 0.15) is 5.82 Å². The number of hydrogen-bond acceptors (Lipinski definition) is 3. The molecule has 0 aliphatic carbocycles. The highest BCUT2D eigenvalue weighted by atomic mass is 14.9. The second kappa shape index (κ2) is 6.50. The van der Waals surface area contributed by atoms with E-state index >= 15 is 0 Å². The number of para-hydroxylation sites is 2. The fourth-order valence-electron chi connectivity index (χ4n) is 3.28. The van der Waals surface area contributed by atoms with Crippen molar-refractivity contribution < 1.29 is 0 Å². The van der Waals surface area contributed by atoms with Crippen LogP contribution >= 0.6 is 0 Å². The van der Waals surface area contributed by atoms with E-state index in [0.29, 0.717) is 0 Å². The molecule has 0 unspecified atom stereocenters. The van der Waals surface area contributed by atoms with Crippen molar-refractivity contribution in [3.8, 4) is 33.6 Å². The summed E-state index contributed by atoms with van der Waals surface area (Å²) in [5.41, 5.74) is 7.55. The number of aromatic nitrogens is 4. The Morgan fingerprint density at radius 3 is 1.70 bits per heavy atom. The number of hydrogen-bond donors (Lipinski definition) is 1. The Balaban J connectivity index is 1.72. The normalized spacial score (nSPS) is 11.0. The second-order valence-electron chi connectivity index (χ2n) is 6.37. The van der Waals surface area contributed by atoms with Crippen LogP contribution in [0, 0.1) is 0 Å². The van der Waals surface area contributed by atoms with Gasteiger partial charge in [0.2, 0.25) is 0 Å². The molecule has 0 fully saturated rings. The number of fused-ring (bicyclic) bond motifs is 1. The van der Waals surface area contributed by atoms with E-state index in [1.165, 1.54) is 0 Å². The van der Waals surface area contributed by atoms with Gasteiger partial charge in [-0.05, 0) is 76.9 Å². The van der Waals surface area contributed by atoms with Gasteiger partial charge in [-0.15, -0.1) is 0 Å². The summed E-state index contributed by atoms with van der Waals surface area (Å²) in [5.74, 6) is 0.863. The second-order valence-corrected chi connectivity index (χ2v) is 6.37. The first-order chi connectivity index (χ1) is 13.4. The molecule has 5 rings (SSSR count). The predicted octanol–water partition coefficient (Wildman–Crippen LogP) is 5.35. The molecule has 0 bridgehead atoms. The van der Waals surface area contributed by atoms with Crippen molar-refractivity contribution in [2.75, 3.05) is 0 Å². The summed E-state index contributed by atoms with van der Waals surface area (Å²) in [5, 5.41) is 0. The number of nitrogens with zero attached hydrogens (tertiary/aromatic N) is 3. The van der Waals surface area contributed by atoms with Gasteiger partial charge in [-0.3, -0.25) is 9.97 Å². The van der Waals surface area contributed by atoms with Gasteiger partial charge >= 0.3 is 0 Å². The molecule has 0 saturated carbocycles. The standard InChI is InChI=1S/C23H16N4/c1-2-4-22-21(3-1)26-23(27-22)20-14-18(16-5-9-24-10-6-16)13-19(15-20)17-7-11-25-12-8-17/h1-15H,(H,26,27). The topological polar surface area (TPSA) is 54.5 Å². The minimum atomic E-state index is 0.863. The van der Waals surface area contributed by atoms with Crippen LogP contribution in [-0.4, -0.2) is 19.9 Å². The minimum absolute atomic E-state index is 0.863. The van der Waals surface area contributed by atoms with E-state index in [1.54, 1.807) is 0 Å². The maximum Gasteiger partial charge on any atom is 0.138 e. The van der Waals surface area contributed by atoms with E-state index < -0.39 is 0 Å². The third kappa shape index (κ3) is 2.98. The van der Waals surface area contributed by atoms with Crippen molar-refractivity contribution in [2.24, 2.45) is 0 Å². The van der Waals surface area contributed by atoms with Crippen LogP contribution in [0.5, 0.6) is 0 Å². The van der Waals surface area contributed by atoms with E-state index in [1.807, 2.05) is 73.3 Å². The van der Waals surface area contributed by atoms with Gasteiger partial charge in [0, 0.05) is 30.4 Å². The lowest BCUT2D eigenvalue weighted by atomic mass is 9.97. The number of aromatic amines is 1. The molecule has 4 heteroatoms. The number of pyridine rings is 2. The van der Waals surface area contributed by atoms with Crippen LogP contribution in [-0.2, 0) is 0 Å². The summed E-state index contributed by atoms with van der Waals surface area (Å²) < 4.78 is 0. The Kier molecular flexibility index (Phi) is 3.72. The third-order valence-electron chi connectivity index (χ3n) is 4.62. The van der Waals surface area contributed by atoms with Crippen molar-refractivity contribution in [3.05, 3.63) is 91.5 Å². The summed E-state index contributed by atoms with van der Waals surface area (Å²) in [4.78, 5) is 16.5. The fourth-order valence-corrected chi connectivity index (χ4v) is 3.28. The first-order valence-electron chi connectivity index (χ1n) is 8.78. The number of imidazole rings is 1. The molecule has 5 aromatic rings. The zero-order valence-corrected chi connectivity index (χ0v) is 14.5. The monoisotopic (exact) mass is 348 g/mol. The lowest BCUT2D eigenvalue weighted by Crippen LogP contribution is -1.88. The zero-order valence-electron chi connectivity index (χ0n) is 14.5. The molecule has 3 aromatic heterocycles. The van der Waals surface area contributed by atoms with Crippen LogP contribution in [0.4, 0.5) is 0 Å². The molecular weight excluding hydrogens is 332 g/mol. The number of rotatable bonds is 3. The van der Waals surface area contributed by atoms with Gasteiger partial charge in [0.05, 0.1) is 11.0 Å². The van der Waals surface area contributed by atoms with Crippen molar-refractivity contribution >= 4 is 11.0 Å². The Morgan fingerprint density at radius 1 is 0.556 bits per heavy atom. The van der Waals surface area contributed by atoms with Crippen molar-refractivity contribution in [1.29, 1.82) is 0 Å². The molecule has 0 aliphatic heterocycles. The number of benzene rings is 2. The molecule has 4 nitrogen and oxygen atoms in total. The molecule has 0 saturated heterocycles. The van der Waals surface area contributed by atoms with E-state index in [-0.39, 0.29) is 0 Å². The SMILES string of the molecule is c1ccc2[nH]c(-c3cc(-c4ccncc4)cc(-c4ccncc4)c3)nc2c1. The third-order valence-corrected chi connectivity index (χ3v) is 4.62. The number of nitrogens with one attached hydrogen (secondary N) is 1. The maximum absolute atomic E-state index is 4.77. The van der Waals surface area contributed by atoms with Gasteiger partial charge < -0.3 is 4.98 Å². The minimum Gasteiger partial charge on any atom is -0.338 e. The molecule has 1 N–H and O–H groups in total.